The van der Waals surface area contributed by atoms with Crippen molar-refractivity contribution in [3.8, 4) is 0 Å². The van der Waals surface area contributed by atoms with E-state index in [0.29, 0.717) is 6.42 Å². The average Bonchev–Trinajstić information content (AvgIpc) is 2.47. The highest BCUT2D eigenvalue weighted by molar-refractivity contribution is 5.77. The number of carbonyl (C=O) groups is 1. The molecule has 136 valence electrons. The lowest BCUT2D eigenvalue weighted by atomic mass is 9.75. The van der Waals surface area contributed by atoms with Gasteiger partial charge in [0.15, 0.2) is 0 Å². The van der Waals surface area contributed by atoms with Crippen LogP contribution in [0.4, 0.5) is 0 Å². The number of nitrogens with one attached hydrogen (secondary N) is 2. The van der Waals surface area contributed by atoms with E-state index in [-0.39, 0.29) is 22.9 Å². The number of amides is 1. The monoisotopic (exact) mass is 332 g/mol. The zero-order chi connectivity index (χ0) is 18.6. The average molecular weight is 333 g/mol. The van der Waals surface area contributed by atoms with Gasteiger partial charge in [0.25, 0.3) is 0 Å². The Morgan fingerprint density at radius 3 is 1.83 bits per heavy atom. The fourth-order valence-electron chi connectivity index (χ4n) is 3.12. The van der Waals surface area contributed by atoms with Gasteiger partial charge in [0, 0.05) is 6.42 Å². The molecule has 2 N–H and O–H groups in total. The van der Waals surface area contributed by atoms with Gasteiger partial charge in [0.1, 0.15) is 0 Å². The zero-order valence-electron chi connectivity index (χ0n) is 16.5. The molecule has 0 spiro atoms. The Kier molecular flexibility index (Phi) is 10.3. The van der Waals surface area contributed by atoms with E-state index >= 15 is 0 Å². The molecule has 0 saturated carbocycles. The molecule has 0 radical (unpaired) electrons. The first-order valence-electron chi connectivity index (χ1n) is 8.79. The van der Waals surface area contributed by atoms with Crippen molar-refractivity contribution in [3.05, 3.63) is 48.6 Å². The second-order valence-electron chi connectivity index (χ2n) is 6.95. The maximum absolute atomic E-state index is 12.5. The Morgan fingerprint density at radius 2 is 1.46 bits per heavy atom. The largest absolute Gasteiger partial charge is 0.346 e. The third kappa shape index (κ3) is 8.30. The maximum atomic E-state index is 12.5. The van der Waals surface area contributed by atoms with Crippen molar-refractivity contribution < 1.29 is 4.79 Å². The van der Waals surface area contributed by atoms with E-state index in [4.69, 9.17) is 0 Å². The van der Waals surface area contributed by atoms with Crippen molar-refractivity contribution in [1.29, 1.82) is 0 Å². The molecule has 0 aliphatic heterocycles. The van der Waals surface area contributed by atoms with Crippen molar-refractivity contribution >= 4 is 5.91 Å². The summed E-state index contributed by atoms with van der Waals surface area (Å²) in [7, 11) is 1.96. The minimum Gasteiger partial charge on any atom is -0.346 e. The molecule has 0 aliphatic rings. The summed E-state index contributed by atoms with van der Waals surface area (Å²) in [6.45, 7) is 12.3. The van der Waals surface area contributed by atoms with Crippen LogP contribution in [0.15, 0.2) is 48.6 Å². The molecular weight excluding hydrogens is 296 g/mol. The van der Waals surface area contributed by atoms with Crippen LogP contribution in [0.3, 0.4) is 0 Å². The predicted molar refractivity (Wildman–Crippen MR) is 106 cm³/mol. The lowest BCUT2D eigenvalue weighted by Gasteiger charge is -2.36. The van der Waals surface area contributed by atoms with Crippen molar-refractivity contribution in [3.63, 3.8) is 0 Å². The van der Waals surface area contributed by atoms with E-state index in [9.17, 15) is 4.79 Å². The fourth-order valence-corrected chi connectivity index (χ4v) is 3.12. The molecule has 0 bridgehead atoms. The molecule has 0 rings (SSSR count). The number of allylic oxidation sites excluding steroid dienone is 4. The Morgan fingerprint density at radius 1 is 0.958 bits per heavy atom. The normalized spacial score (nSPS) is 17.1. The molecule has 0 atom stereocenters. The Hall–Kier alpha value is -1.61. The van der Waals surface area contributed by atoms with Gasteiger partial charge in [0.2, 0.25) is 5.91 Å². The number of hydrogen-bond acceptors (Lipinski definition) is 2. The molecule has 1 amide bonds. The molecule has 0 aromatic heterocycles. The van der Waals surface area contributed by atoms with Gasteiger partial charge in [-0.25, -0.2) is 0 Å². The second-order valence-corrected chi connectivity index (χ2v) is 6.95. The third-order valence-electron chi connectivity index (χ3n) is 3.93. The molecule has 0 aromatic rings. The molecule has 0 aliphatic carbocycles. The van der Waals surface area contributed by atoms with Gasteiger partial charge in [0.05, 0.1) is 11.6 Å². The van der Waals surface area contributed by atoms with Gasteiger partial charge in [-0.3, -0.25) is 4.79 Å². The van der Waals surface area contributed by atoms with Gasteiger partial charge in [-0.15, -0.1) is 0 Å². The number of carbonyl (C=O) groups excluding carboxylic acids is 1. The summed E-state index contributed by atoms with van der Waals surface area (Å²) in [6.07, 6.45) is 17.7. The quantitative estimate of drug-likeness (QED) is 0.577. The Labute approximate surface area is 149 Å². The summed E-state index contributed by atoms with van der Waals surface area (Å²) < 4.78 is 0. The number of likely N-dealkylation sites (N-methyl/N-ethyl adjacent to an activating group) is 1. The smallest absolute Gasteiger partial charge is 0.221 e. The molecule has 3 nitrogen and oxygen atoms in total. The Balaban J connectivity index is 5.07. The van der Waals surface area contributed by atoms with E-state index in [1.54, 1.807) is 0 Å². The minimum absolute atomic E-state index is 0.0385. The lowest BCUT2D eigenvalue weighted by molar-refractivity contribution is -0.123. The van der Waals surface area contributed by atoms with Gasteiger partial charge >= 0.3 is 0 Å². The van der Waals surface area contributed by atoms with E-state index in [1.165, 1.54) is 0 Å². The molecule has 3 heteroatoms. The van der Waals surface area contributed by atoms with Crippen LogP contribution in [-0.2, 0) is 4.79 Å². The zero-order valence-corrected chi connectivity index (χ0v) is 16.5. The topological polar surface area (TPSA) is 41.1 Å². The molecular formula is C21H36N2O. The lowest BCUT2D eigenvalue weighted by Crippen LogP contribution is -2.44. The molecule has 0 heterocycles. The van der Waals surface area contributed by atoms with Crippen LogP contribution in [0.2, 0.25) is 0 Å². The van der Waals surface area contributed by atoms with Gasteiger partial charge < -0.3 is 10.6 Å². The molecule has 0 aromatic carbocycles. The van der Waals surface area contributed by atoms with Crippen molar-refractivity contribution in [1.82, 2.24) is 10.6 Å². The van der Waals surface area contributed by atoms with Crippen LogP contribution in [0.25, 0.3) is 0 Å². The van der Waals surface area contributed by atoms with Crippen LogP contribution >= 0.6 is 0 Å². The molecule has 0 saturated heterocycles. The van der Waals surface area contributed by atoms with Gasteiger partial charge in [-0.05, 0) is 46.6 Å². The predicted octanol–water partition coefficient (Wildman–Crippen LogP) is 4.54. The van der Waals surface area contributed by atoms with Crippen LogP contribution in [0, 0.1) is 5.41 Å². The third-order valence-corrected chi connectivity index (χ3v) is 3.93. The van der Waals surface area contributed by atoms with Crippen molar-refractivity contribution in [2.75, 3.05) is 7.05 Å². The SMILES string of the molecule is CC=CC(C=CC)NC(=O)CC(C)(C)CC(C=CC)(C=CC)NC. The summed E-state index contributed by atoms with van der Waals surface area (Å²) >= 11 is 0. The minimum atomic E-state index is -0.223. The summed E-state index contributed by atoms with van der Waals surface area (Å²) in [6, 6.07) is -0.0385. The first-order chi connectivity index (χ1) is 11.3. The fraction of sp³-hybridized carbons (Fsp3) is 0.571. The molecule has 0 fully saturated rings. The van der Waals surface area contributed by atoms with Crippen molar-refractivity contribution in [2.24, 2.45) is 5.41 Å². The first-order valence-corrected chi connectivity index (χ1v) is 8.79. The van der Waals surface area contributed by atoms with Crippen LogP contribution < -0.4 is 10.6 Å². The molecule has 0 unspecified atom stereocenters. The van der Waals surface area contributed by atoms with E-state index in [2.05, 4.69) is 48.8 Å². The van der Waals surface area contributed by atoms with E-state index < -0.39 is 0 Å². The molecule has 24 heavy (non-hydrogen) atoms. The summed E-state index contributed by atoms with van der Waals surface area (Å²) in [4.78, 5) is 12.5. The summed E-state index contributed by atoms with van der Waals surface area (Å²) in [5.41, 5.74) is -0.359. The first kappa shape index (κ1) is 22.4. The Bertz CT molecular complexity index is 460. The second kappa shape index (κ2) is 11.0. The van der Waals surface area contributed by atoms with E-state index in [0.717, 1.165) is 6.42 Å². The number of rotatable bonds is 10. The standard InChI is InChI=1S/C21H36N2O/c1-8-12-18(13-9-2)23-19(24)16-20(5,6)17-21(22-7,14-10-3)15-11-4/h8-15,18,22H,16-17H2,1-7H3,(H,23,24). The van der Waals surface area contributed by atoms with Crippen LogP contribution in [-0.4, -0.2) is 24.5 Å². The van der Waals surface area contributed by atoms with Gasteiger partial charge in [-0.1, -0.05) is 62.5 Å². The highest BCUT2D eigenvalue weighted by Crippen LogP contribution is 2.33. The highest BCUT2D eigenvalue weighted by atomic mass is 16.1. The van der Waals surface area contributed by atoms with Crippen molar-refractivity contribution in [2.45, 2.75) is 66.0 Å². The summed E-state index contributed by atoms with van der Waals surface area (Å²) in [5.74, 6) is 0.0761. The van der Waals surface area contributed by atoms with Crippen LogP contribution in [0.1, 0.15) is 54.4 Å². The van der Waals surface area contributed by atoms with E-state index in [1.807, 2.05) is 59.0 Å². The number of hydrogen-bond donors (Lipinski definition) is 2. The maximum Gasteiger partial charge on any atom is 0.221 e. The summed E-state index contributed by atoms with van der Waals surface area (Å²) in [5, 5.41) is 6.47. The van der Waals surface area contributed by atoms with Gasteiger partial charge in [-0.2, -0.15) is 0 Å². The highest BCUT2D eigenvalue weighted by Gasteiger charge is 2.32. The van der Waals surface area contributed by atoms with Crippen LogP contribution in [0.5, 0.6) is 0 Å².